The number of urea groups is 1. The molecule has 8 heteroatoms. The molecule has 1 saturated heterocycles. The monoisotopic (exact) mass is 586 g/mol. The number of nitrogens with one attached hydrogen (secondary N) is 1. The van der Waals surface area contributed by atoms with Crippen molar-refractivity contribution in [2.45, 2.75) is 20.5 Å². The molecule has 0 saturated carbocycles. The summed E-state index contributed by atoms with van der Waals surface area (Å²) in [5.41, 5.74) is 3.74. The number of amides is 4. The minimum atomic E-state index is -0.770. The van der Waals surface area contributed by atoms with Crippen LogP contribution in [-0.2, 0) is 16.2 Å². The number of nitrogens with zero attached hydrogens (tertiary/aromatic N) is 1. The van der Waals surface area contributed by atoms with Crippen molar-refractivity contribution in [2.24, 2.45) is 0 Å². The molecule has 1 aliphatic heterocycles. The second kappa shape index (κ2) is 9.99. The molecule has 1 N–H and O–H groups in total. The predicted molar refractivity (Wildman–Crippen MR) is 140 cm³/mol. The average Bonchev–Trinajstić information content (AvgIpc) is 2.79. The molecule has 1 heterocycles. The normalized spacial score (nSPS) is 15.0. The topological polar surface area (TPSA) is 75.7 Å². The van der Waals surface area contributed by atoms with E-state index in [0.29, 0.717) is 28.6 Å². The van der Waals surface area contributed by atoms with Crippen LogP contribution in [0.2, 0.25) is 5.02 Å². The lowest BCUT2D eigenvalue weighted by Gasteiger charge is -2.26. The van der Waals surface area contributed by atoms with Gasteiger partial charge in [0.15, 0.2) is 0 Å². The maximum absolute atomic E-state index is 13.1. The Kier molecular flexibility index (Phi) is 7.04. The van der Waals surface area contributed by atoms with Crippen molar-refractivity contribution >= 4 is 63.8 Å². The van der Waals surface area contributed by atoms with Gasteiger partial charge in [-0.3, -0.25) is 14.9 Å². The Labute approximate surface area is 215 Å². The van der Waals surface area contributed by atoms with E-state index >= 15 is 0 Å². The lowest BCUT2D eigenvalue weighted by Crippen LogP contribution is -2.54. The second-order valence-corrected chi connectivity index (χ2v) is 9.37. The highest BCUT2D eigenvalue weighted by atomic mass is 127. The van der Waals surface area contributed by atoms with E-state index in [-0.39, 0.29) is 5.57 Å². The summed E-state index contributed by atoms with van der Waals surface area (Å²) in [7, 11) is 0. The Morgan fingerprint density at radius 1 is 1.00 bits per heavy atom. The molecule has 0 aliphatic carbocycles. The Morgan fingerprint density at radius 2 is 1.76 bits per heavy atom. The van der Waals surface area contributed by atoms with Crippen LogP contribution in [0.5, 0.6) is 5.75 Å². The van der Waals surface area contributed by atoms with E-state index < -0.39 is 17.8 Å². The first kappa shape index (κ1) is 24.0. The molecule has 1 fully saturated rings. The van der Waals surface area contributed by atoms with Crippen LogP contribution in [-0.4, -0.2) is 17.8 Å². The third kappa shape index (κ3) is 5.00. The molecule has 0 aromatic heterocycles. The molecule has 3 aromatic rings. The summed E-state index contributed by atoms with van der Waals surface area (Å²) in [5.74, 6) is -0.760. The van der Waals surface area contributed by atoms with Crippen LogP contribution in [0.25, 0.3) is 6.08 Å². The van der Waals surface area contributed by atoms with E-state index in [4.69, 9.17) is 16.3 Å². The first-order valence-electron chi connectivity index (χ1n) is 10.4. The third-order valence-corrected chi connectivity index (χ3v) is 6.67. The minimum absolute atomic E-state index is 0.127. The van der Waals surface area contributed by atoms with Gasteiger partial charge in [-0.2, -0.15) is 0 Å². The van der Waals surface area contributed by atoms with E-state index in [0.717, 1.165) is 25.2 Å². The van der Waals surface area contributed by atoms with Crippen molar-refractivity contribution in [3.05, 3.63) is 97.1 Å². The van der Waals surface area contributed by atoms with Gasteiger partial charge in [-0.1, -0.05) is 41.9 Å². The largest absolute Gasteiger partial charge is 0.488 e. The van der Waals surface area contributed by atoms with Crippen molar-refractivity contribution in [2.75, 3.05) is 4.90 Å². The summed E-state index contributed by atoms with van der Waals surface area (Å²) in [6, 6.07) is 17.2. The molecule has 0 spiro atoms. The van der Waals surface area contributed by atoms with Crippen LogP contribution in [0.1, 0.15) is 22.3 Å². The zero-order chi connectivity index (χ0) is 24.4. The van der Waals surface area contributed by atoms with E-state index in [1.54, 1.807) is 36.4 Å². The van der Waals surface area contributed by atoms with Gasteiger partial charge in [0.1, 0.15) is 17.9 Å². The summed E-state index contributed by atoms with van der Waals surface area (Å²) >= 11 is 8.31. The van der Waals surface area contributed by atoms with Gasteiger partial charge < -0.3 is 4.74 Å². The van der Waals surface area contributed by atoms with Crippen LogP contribution in [0.4, 0.5) is 10.5 Å². The molecule has 172 valence electrons. The highest BCUT2D eigenvalue weighted by Gasteiger charge is 2.36. The Bertz CT molecular complexity index is 1350. The van der Waals surface area contributed by atoms with Crippen LogP contribution in [0, 0.1) is 17.4 Å². The fraction of sp³-hybridized carbons (Fsp3) is 0.115. The van der Waals surface area contributed by atoms with Crippen LogP contribution in [0.3, 0.4) is 0 Å². The van der Waals surface area contributed by atoms with Gasteiger partial charge in [0.2, 0.25) is 0 Å². The number of rotatable bonds is 5. The first-order valence-corrected chi connectivity index (χ1v) is 11.8. The number of carbonyl (C=O) groups excluding carboxylic acids is 3. The highest BCUT2D eigenvalue weighted by molar-refractivity contribution is 14.1. The summed E-state index contributed by atoms with van der Waals surface area (Å²) in [6.07, 6.45) is 1.47. The zero-order valence-corrected chi connectivity index (χ0v) is 21.3. The molecule has 4 rings (SSSR count). The number of halogens is 2. The van der Waals surface area contributed by atoms with Crippen molar-refractivity contribution in [1.82, 2.24) is 5.32 Å². The number of anilines is 1. The molecule has 0 bridgehead atoms. The average molecular weight is 587 g/mol. The van der Waals surface area contributed by atoms with Crippen molar-refractivity contribution < 1.29 is 19.1 Å². The molecule has 3 aromatic carbocycles. The number of carbonyl (C=O) groups is 3. The van der Waals surface area contributed by atoms with Gasteiger partial charge in [-0.15, -0.1) is 0 Å². The fourth-order valence-corrected chi connectivity index (χ4v) is 4.30. The zero-order valence-electron chi connectivity index (χ0n) is 18.4. The number of imide groups is 2. The van der Waals surface area contributed by atoms with Crippen LogP contribution >= 0.6 is 34.2 Å². The van der Waals surface area contributed by atoms with Gasteiger partial charge >= 0.3 is 6.03 Å². The molecule has 0 radical (unpaired) electrons. The third-order valence-electron chi connectivity index (χ3n) is 5.46. The Morgan fingerprint density at radius 3 is 2.47 bits per heavy atom. The number of hydrogen-bond acceptors (Lipinski definition) is 4. The number of benzene rings is 3. The van der Waals surface area contributed by atoms with Gasteiger partial charge in [0.05, 0.1) is 9.26 Å². The van der Waals surface area contributed by atoms with E-state index in [1.807, 2.05) is 38.1 Å². The van der Waals surface area contributed by atoms with E-state index in [1.165, 1.54) is 6.08 Å². The van der Waals surface area contributed by atoms with Crippen molar-refractivity contribution in [3.63, 3.8) is 0 Å². The maximum atomic E-state index is 13.1. The van der Waals surface area contributed by atoms with Gasteiger partial charge in [0, 0.05) is 10.6 Å². The van der Waals surface area contributed by atoms with Gasteiger partial charge in [-0.25, -0.2) is 9.69 Å². The first-order chi connectivity index (χ1) is 16.2. The highest BCUT2D eigenvalue weighted by Crippen LogP contribution is 2.27. The number of barbiturate groups is 1. The number of ether oxygens (including phenoxy) is 1. The maximum Gasteiger partial charge on any atom is 0.335 e. The quantitative estimate of drug-likeness (QED) is 0.233. The Balaban J connectivity index is 1.58. The van der Waals surface area contributed by atoms with Gasteiger partial charge in [-0.05, 0) is 89.5 Å². The predicted octanol–water partition coefficient (Wildman–Crippen LogP) is 5.81. The summed E-state index contributed by atoms with van der Waals surface area (Å²) in [4.78, 5) is 39.0. The summed E-state index contributed by atoms with van der Waals surface area (Å²) in [5, 5.41) is 2.88. The van der Waals surface area contributed by atoms with E-state index in [9.17, 15) is 14.4 Å². The van der Waals surface area contributed by atoms with E-state index in [2.05, 4.69) is 27.9 Å². The molecule has 0 unspecified atom stereocenters. The van der Waals surface area contributed by atoms with Crippen LogP contribution < -0.4 is 15.0 Å². The van der Waals surface area contributed by atoms with Gasteiger partial charge in [0.25, 0.3) is 11.8 Å². The SMILES string of the molecule is Cc1ccc(N2C(=O)NC(=O)/C(=C\c3ccc(OCc4ccccc4Cl)c(I)c3)C2=O)cc1C. The van der Waals surface area contributed by atoms with Crippen LogP contribution in [0.15, 0.2) is 66.2 Å². The minimum Gasteiger partial charge on any atom is -0.488 e. The summed E-state index contributed by atoms with van der Waals surface area (Å²) < 4.78 is 6.68. The second-order valence-electron chi connectivity index (χ2n) is 7.80. The van der Waals surface area contributed by atoms with Crippen molar-refractivity contribution in [1.29, 1.82) is 0 Å². The summed E-state index contributed by atoms with van der Waals surface area (Å²) in [6.45, 7) is 4.14. The molecule has 0 atom stereocenters. The Hall–Kier alpha value is -3.17. The molecular weight excluding hydrogens is 567 g/mol. The molecule has 34 heavy (non-hydrogen) atoms. The number of hydrogen-bond donors (Lipinski definition) is 1. The van der Waals surface area contributed by atoms with Crippen molar-refractivity contribution in [3.8, 4) is 5.75 Å². The number of aryl methyl sites for hydroxylation is 2. The lowest BCUT2D eigenvalue weighted by molar-refractivity contribution is -0.122. The smallest absolute Gasteiger partial charge is 0.335 e. The lowest BCUT2D eigenvalue weighted by atomic mass is 10.1. The molecule has 4 amide bonds. The molecular formula is C26H20ClIN2O4. The molecule has 6 nitrogen and oxygen atoms in total. The fourth-order valence-electron chi connectivity index (χ4n) is 3.42. The standard InChI is InChI=1S/C26H20ClIN2O4/c1-15-7-9-19(11-16(15)2)30-25(32)20(24(31)29-26(30)33)12-17-8-10-23(22(28)13-17)34-14-18-5-3-4-6-21(18)27/h3-13H,14H2,1-2H3,(H,29,31,33)/b20-12+. The molecule has 1 aliphatic rings.